The lowest BCUT2D eigenvalue weighted by atomic mass is 10.6. The highest BCUT2D eigenvalue weighted by molar-refractivity contribution is 7.99. The summed E-state index contributed by atoms with van der Waals surface area (Å²) in [5.41, 5.74) is 10.8. The Morgan fingerprint density at radius 2 is 1.89 bits per heavy atom. The molecular formula is C9H10N6OS2. The molecule has 0 saturated carbocycles. The van der Waals surface area contributed by atoms with Crippen molar-refractivity contribution >= 4 is 35.2 Å². The Hall–Kier alpha value is -1.74. The minimum absolute atomic E-state index is 0.161. The molecule has 0 unspecified atom stereocenters. The van der Waals surface area contributed by atoms with Gasteiger partial charge >= 0.3 is 0 Å². The van der Waals surface area contributed by atoms with Gasteiger partial charge in [0.05, 0.1) is 0 Å². The summed E-state index contributed by atoms with van der Waals surface area (Å²) in [4.78, 5) is 26.1. The van der Waals surface area contributed by atoms with Gasteiger partial charge in [-0.3, -0.25) is 4.79 Å². The van der Waals surface area contributed by atoms with Gasteiger partial charge in [0.25, 0.3) is 5.56 Å². The second-order valence-electron chi connectivity index (χ2n) is 3.20. The summed E-state index contributed by atoms with van der Waals surface area (Å²) < 4.78 is 0. The maximum Gasteiger partial charge on any atom is 0.253 e. The van der Waals surface area contributed by atoms with Crippen LogP contribution in [-0.4, -0.2) is 26.2 Å². The van der Waals surface area contributed by atoms with Crippen molar-refractivity contribution in [1.82, 2.24) is 19.9 Å². The largest absolute Gasteiger partial charge is 0.384 e. The van der Waals surface area contributed by atoms with Gasteiger partial charge in [-0.25, -0.2) is 15.0 Å². The molecule has 2 rings (SSSR count). The average molecular weight is 282 g/mol. The van der Waals surface area contributed by atoms with Crippen molar-refractivity contribution in [3.63, 3.8) is 0 Å². The lowest BCUT2D eigenvalue weighted by Gasteiger charge is -2.03. The zero-order valence-corrected chi connectivity index (χ0v) is 11.0. The van der Waals surface area contributed by atoms with Crippen LogP contribution >= 0.6 is 23.5 Å². The van der Waals surface area contributed by atoms with Crippen LogP contribution in [0.3, 0.4) is 0 Å². The Kier molecular flexibility index (Phi) is 3.72. The molecule has 9 heteroatoms. The molecular weight excluding hydrogens is 272 g/mol. The number of nitrogens with zero attached hydrogens (tertiary/aromatic N) is 3. The molecule has 5 N–H and O–H groups in total. The Morgan fingerprint density at radius 1 is 1.17 bits per heavy atom. The van der Waals surface area contributed by atoms with E-state index < -0.39 is 0 Å². The average Bonchev–Trinajstić information content (AvgIpc) is 2.26. The molecule has 0 aliphatic heterocycles. The normalized spacial score (nSPS) is 10.5. The smallest absolute Gasteiger partial charge is 0.253 e. The van der Waals surface area contributed by atoms with Gasteiger partial charge in [0.15, 0.2) is 10.3 Å². The van der Waals surface area contributed by atoms with Crippen LogP contribution in [0.1, 0.15) is 0 Å². The lowest BCUT2D eigenvalue weighted by Crippen LogP contribution is -2.09. The Balaban J connectivity index is 2.33. The molecule has 0 spiro atoms. The van der Waals surface area contributed by atoms with Crippen molar-refractivity contribution in [3.05, 3.63) is 22.5 Å². The molecule has 18 heavy (non-hydrogen) atoms. The monoisotopic (exact) mass is 282 g/mol. The number of thioether (sulfide) groups is 1. The van der Waals surface area contributed by atoms with Crippen LogP contribution in [0.15, 0.2) is 32.3 Å². The quantitative estimate of drug-likeness (QED) is 0.424. The molecule has 0 aliphatic rings. The highest BCUT2D eigenvalue weighted by Crippen LogP contribution is 2.25. The first-order chi connectivity index (χ1) is 8.56. The van der Waals surface area contributed by atoms with E-state index >= 15 is 0 Å². The number of hydrogen-bond acceptors (Lipinski definition) is 8. The molecule has 0 aromatic carbocycles. The minimum atomic E-state index is -0.308. The van der Waals surface area contributed by atoms with E-state index in [1.165, 1.54) is 29.6 Å². The number of rotatable bonds is 3. The number of aromatic amines is 1. The van der Waals surface area contributed by atoms with E-state index in [0.717, 1.165) is 0 Å². The molecule has 2 aromatic rings. The zero-order chi connectivity index (χ0) is 13.1. The van der Waals surface area contributed by atoms with E-state index in [4.69, 9.17) is 11.5 Å². The van der Waals surface area contributed by atoms with Crippen LogP contribution in [0, 0.1) is 0 Å². The molecule has 2 aromatic heterocycles. The van der Waals surface area contributed by atoms with Crippen LogP contribution in [0.4, 0.5) is 11.6 Å². The lowest BCUT2D eigenvalue weighted by molar-refractivity contribution is 0.889. The molecule has 0 amide bonds. The van der Waals surface area contributed by atoms with E-state index in [1.807, 2.05) is 6.26 Å². The Bertz CT molecular complexity index is 629. The van der Waals surface area contributed by atoms with E-state index in [9.17, 15) is 4.79 Å². The fourth-order valence-corrected chi connectivity index (χ4v) is 2.42. The Labute approximate surface area is 111 Å². The first kappa shape index (κ1) is 12.7. The number of aromatic nitrogens is 4. The molecule has 0 bridgehead atoms. The molecule has 0 saturated heterocycles. The summed E-state index contributed by atoms with van der Waals surface area (Å²) in [5.74, 6) is 0.525. The van der Waals surface area contributed by atoms with E-state index in [0.29, 0.717) is 21.2 Å². The predicted molar refractivity (Wildman–Crippen MR) is 71.6 cm³/mol. The predicted octanol–water partition coefficient (Wildman–Crippen LogP) is 0.597. The van der Waals surface area contributed by atoms with Crippen molar-refractivity contribution in [2.75, 3.05) is 17.7 Å². The Morgan fingerprint density at radius 3 is 2.56 bits per heavy atom. The van der Waals surface area contributed by atoms with Crippen molar-refractivity contribution in [1.29, 1.82) is 0 Å². The van der Waals surface area contributed by atoms with E-state index in [-0.39, 0.29) is 11.4 Å². The molecule has 7 nitrogen and oxygen atoms in total. The molecule has 2 heterocycles. The van der Waals surface area contributed by atoms with Gasteiger partial charge in [-0.05, 0) is 18.0 Å². The standard InChI is InChI=1S/C9H10N6OS2/c1-17-8-12-5(11)3-7(15-8)18-9-13-4(10)2-6(16)14-9/h2-3H,1H3,(H2,11,12,15)(H3,10,13,14,16). The molecule has 0 atom stereocenters. The van der Waals surface area contributed by atoms with E-state index in [1.54, 1.807) is 6.07 Å². The third-order valence-electron chi connectivity index (χ3n) is 1.83. The number of hydrogen-bond donors (Lipinski definition) is 3. The van der Waals surface area contributed by atoms with E-state index in [2.05, 4.69) is 19.9 Å². The minimum Gasteiger partial charge on any atom is -0.384 e. The SMILES string of the molecule is CSc1nc(N)cc(Sc2nc(N)cc(=O)[nH]2)n1. The molecule has 0 fully saturated rings. The van der Waals surface area contributed by atoms with Crippen molar-refractivity contribution in [2.45, 2.75) is 15.3 Å². The van der Waals surface area contributed by atoms with Gasteiger partial charge in [-0.2, -0.15) is 0 Å². The highest BCUT2D eigenvalue weighted by atomic mass is 32.2. The van der Waals surface area contributed by atoms with Crippen LogP contribution in [0.25, 0.3) is 0 Å². The third-order valence-corrected chi connectivity index (χ3v) is 3.18. The van der Waals surface area contributed by atoms with Crippen LogP contribution < -0.4 is 17.0 Å². The first-order valence-corrected chi connectivity index (χ1v) is 6.84. The third kappa shape index (κ3) is 3.14. The summed E-state index contributed by atoms with van der Waals surface area (Å²) in [5, 5.41) is 1.52. The van der Waals surface area contributed by atoms with Crippen LogP contribution in [-0.2, 0) is 0 Å². The fourth-order valence-electron chi connectivity index (χ4n) is 1.16. The number of nitrogens with one attached hydrogen (secondary N) is 1. The summed E-state index contributed by atoms with van der Waals surface area (Å²) in [7, 11) is 0. The van der Waals surface area contributed by atoms with Gasteiger partial charge in [0, 0.05) is 12.1 Å². The second-order valence-corrected chi connectivity index (χ2v) is 4.98. The number of nitrogens with two attached hydrogens (primary N) is 2. The van der Waals surface area contributed by atoms with Gasteiger partial charge < -0.3 is 16.5 Å². The topological polar surface area (TPSA) is 124 Å². The molecule has 94 valence electrons. The van der Waals surface area contributed by atoms with Crippen molar-refractivity contribution < 1.29 is 0 Å². The second kappa shape index (κ2) is 5.27. The summed E-state index contributed by atoms with van der Waals surface area (Å²) in [6.45, 7) is 0. The van der Waals surface area contributed by atoms with Crippen LogP contribution in [0.5, 0.6) is 0 Å². The number of H-pyrrole nitrogens is 1. The number of nitrogen functional groups attached to an aromatic ring is 2. The van der Waals surface area contributed by atoms with Gasteiger partial charge in [-0.1, -0.05) is 11.8 Å². The maximum absolute atomic E-state index is 11.2. The first-order valence-electron chi connectivity index (χ1n) is 4.80. The summed E-state index contributed by atoms with van der Waals surface area (Å²) in [6.07, 6.45) is 1.85. The maximum atomic E-state index is 11.2. The van der Waals surface area contributed by atoms with Gasteiger partial charge in [-0.15, -0.1) is 0 Å². The summed E-state index contributed by atoms with van der Waals surface area (Å²) >= 11 is 2.55. The molecule has 0 radical (unpaired) electrons. The molecule has 0 aliphatic carbocycles. The van der Waals surface area contributed by atoms with Crippen molar-refractivity contribution in [2.24, 2.45) is 0 Å². The summed E-state index contributed by atoms with van der Waals surface area (Å²) in [6, 6.07) is 2.82. The van der Waals surface area contributed by atoms with Gasteiger partial charge in [0.1, 0.15) is 16.7 Å². The number of anilines is 2. The van der Waals surface area contributed by atoms with Gasteiger partial charge in [0.2, 0.25) is 0 Å². The van der Waals surface area contributed by atoms with Crippen LogP contribution in [0.2, 0.25) is 0 Å². The highest BCUT2D eigenvalue weighted by Gasteiger charge is 2.06. The zero-order valence-electron chi connectivity index (χ0n) is 9.38. The van der Waals surface area contributed by atoms with Crippen molar-refractivity contribution in [3.8, 4) is 0 Å². The fraction of sp³-hybridized carbons (Fsp3) is 0.111.